The smallest absolute Gasteiger partial charge is 0.0558 e. The molecule has 3 nitrogen and oxygen atoms in total. The van der Waals surface area contributed by atoms with E-state index < -0.39 is 0 Å². The predicted molar refractivity (Wildman–Crippen MR) is 88.2 cm³/mol. The molecule has 1 aliphatic heterocycles. The lowest BCUT2D eigenvalue weighted by Gasteiger charge is -2.36. The summed E-state index contributed by atoms with van der Waals surface area (Å²) in [6, 6.07) is 11.8. The molecule has 2 aromatic rings. The van der Waals surface area contributed by atoms with Gasteiger partial charge in [-0.15, -0.1) is 0 Å². The summed E-state index contributed by atoms with van der Waals surface area (Å²) in [6.45, 7) is 4.94. The highest BCUT2D eigenvalue weighted by atomic mass is 35.5. The number of piperazine rings is 1. The number of nitrogens with zero attached hydrogens (tertiary/aromatic N) is 3. The van der Waals surface area contributed by atoms with Crippen molar-refractivity contribution in [2.24, 2.45) is 0 Å². The predicted octanol–water partition coefficient (Wildman–Crippen LogP) is 3.71. The highest BCUT2D eigenvalue weighted by Gasteiger charge is 2.17. The van der Waals surface area contributed by atoms with E-state index in [0.29, 0.717) is 0 Å². The molecule has 1 aromatic carbocycles. The van der Waals surface area contributed by atoms with Crippen LogP contribution in [0.15, 0.2) is 42.6 Å². The minimum atomic E-state index is 0.750. The van der Waals surface area contributed by atoms with E-state index >= 15 is 0 Å². The first-order valence-corrected chi connectivity index (χ1v) is 7.79. The summed E-state index contributed by atoms with van der Waals surface area (Å²) in [4.78, 5) is 9.16. The van der Waals surface area contributed by atoms with Crippen LogP contribution in [0.1, 0.15) is 5.69 Å². The molecule has 0 aliphatic carbocycles. The summed E-state index contributed by atoms with van der Waals surface area (Å²) in [5.41, 5.74) is 2.27. The molecular formula is C16H17Cl2N3. The van der Waals surface area contributed by atoms with Gasteiger partial charge in [-0.3, -0.25) is 9.88 Å². The summed E-state index contributed by atoms with van der Waals surface area (Å²) in [6.07, 6.45) is 1.77. The zero-order valence-electron chi connectivity index (χ0n) is 11.7. The van der Waals surface area contributed by atoms with Crippen LogP contribution in [0.3, 0.4) is 0 Å². The van der Waals surface area contributed by atoms with Crippen molar-refractivity contribution < 1.29 is 0 Å². The molecule has 5 heteroatoms. The molecule has 3 rings (SSSR count). The van der Waals surface area contributed by atoms with Gasteiger partial charge in [0.25, 0.3) is 0 Å². The Bertz CT molecular complexity index is 593. The molecule has 0 N–H and O–H groups in total. The topological polar surface area (TPSA) is 19.4 Å². The molecule has 1 saturated heterocycles. The fourth-order valence-electron chi connectivity index (χ4n) is 2.58. The Hall–Kier alpha value is -1.29. The van der Waals surface area contributed by atoms with Crippen molar-refractivity contribution in [1.82, 2.24) is 9.88 Å². The van der Waals surface area contributed by atoms with Gasteiger partial charge in [-0.05, 0) is 36.4 Å². The van der Waals surface area contributed by atoms with Crippen LogP contribution in [-0.2, 0) is 6.54 Å². The van der Waals surface area contributed by atoms with E-state index in [2.05, 4.69) is 26.9 Å². The Labute approximate surface area is 135 Å². The maximum atomic E-state index is 6.00. The second kappa shape index (κ2) is 6.65. The van der Waals surface area contributed by atoms with Crippen LogP contribution < -0.4 is 4.90 Å². The first-order chi connectivity index (χ1) is 10.2. The maximum Gasteiger partial charge on any atom is 0.0558 e. The van der Waals surface area contributed by atoms with Crippen LogP contribution >= 0.6 is 23.2 Å². The zero-order valence-corrected chi connectivity index (χ0v) is 13.2. The summed E-state index contributed by atoms with van der Waals surface area (Å²) in [5, 5.41) is 1.53. The molecule has 0 amide bonds. The Morgan fingerprint density at radius 3 is 2.29 bits per heavy atom. The highest BCUT2D eigenvalue weighted by Crippen LogP contribution is 2.20. The minimum Gasteiger partial charge on any atom is -0.369 e. The third-order valence-corrected chi connectivity index (χ3v) is 4.22. The number of anilines is 1. The summed E-state index contributed by atoms with van der Waals surface area (Å²) < 4.78 is 0. The molecule has 1 aliphatic rings. The zero-order chi connectivity index (χ0) is 14.7. The number of aromatic nitrogens is 1. The van der Waals surface area contributed by atoms with E-state index in [1.54, 1.807) is 6.20 Å². The molecule has 0 atom stereocenters. The Balaban J connectivity index is 1.56. The van der Waals surface area contributed by atoms with Crippen LogP contribution in [0.2, 0.25) is 10.0 Å². The van der Waals surface area contributed by atoms with Crippen molar-refractivity contribution in [3.63, 3.8) is 0 Å². The van der Waals surface area contributed by atoms with E-state index in [-0.39, 0.29) is 0 Å². The second-order valence-electron chi connectivity index (χ2n) is 5.21. The third-order valence-electron chi connectivity index (χ3n) is 3.73. The van der Waals surface area contributed by atoms with E-state index in [1.165, 1.54) is 5.69 Å². The number of benzene rings is 1. The van der Waals surface area contributed by atoms with Crippen LogP contribution in [0.25, 0.3) is 0 Å². The summed E-state index contributed by atoms with van der Waals surface area (Å²) in [5.74, 6) is 0. The highest BCUT2D eigenvalue weighted by molar-refractivity contribution is 6.30. The Morgan fingerprint density at radius 1 is 0.905 bits per heavy atom. The van der Waals surface area contributed by atoms with Crippen LogP contribution in [0.5, 0.6) is 0 Å². The normalized spacial score (nSPS) is 16.2. The lowest BCUT2D eigenvalue weighted by atomic mass is 10.2. The molecule has 1 aromatic heterocycles. The molecule has 0 unspecified atom stereocenters. The third kappa shape index (κ3) is 3.88. The number of hydrogen-bond donors (Lipinski definition) is 0. The van der Waals surface area contributed by atoms with Gasteiger partial charge in [0, 0.05) is 54.7 Å². The molecule has 0 bridgehead atoms. The monoisotopic (exact) mass is 321 g/mol. The average Bonchev–Trinajstić information content (AvgIpc) is 2.49. The van der Waals surface area contributed by atoms with Gasteiger partial charge >= 0.3 is 0 Å². The molecule has 21 heavy (non-hydrogen) atoms. The van der Waals surface area contributed by atoms with Crippen LogP contribution in [-0.4, -0.2) is 36.1 Å². The fraction of sp³-hybridized carbons (Fsp3) is 0.312. The molecule has 0 spiro atoms. The fourth-order valence-corrected chi connectivity index (χ4v) is 2.89. The number of rotatable bonds is 3. The van der Waals surface area contributed by atoms with Gasteiger partial charge in [0.05, 0.1) is 5.69 Å². The average molecular weight is 322 g/mol. The van der Waals surface area contributed by atoms with E-state index in [4.69, 9.17) is 23.2 Å². The molecule has 2 heterocycles. The largest absolute Gasteiger partial charge is 0.369 e. The lowest BCUT2D eigenvalue weighted by molar-refractivity contribution is 0.247. The SMILES string of the molecule is Clc1ccc(N2CCN(Cc3cc(Cl)ccn3)CC2)cc1. The standard InChI is InChI=1S/C16H17Cl2N3/c17-13-1-3-16(4-2-13)21-9-7-20(8-10-21)12-15-11-14(18)5-6-19-15/h1-6,11H,7-10,12H2. The Kier molecular flexibility index (Phi) is 4.63. The van der Waals surface area contributed by atoms with Gasteiger partial charge in [-0.25, -0.2) is 0 Å². The van der Waals surface area contributed by atoms with Crippen molar-refractivity contribution in [2.45, 2.75) is 6.54 Å². The summed E-state index contributed by atoms with van der Waals surface area (Å²) >= 11 is 11.9. The van der Waals surface area contributed by atoms with Gasteiger partial charge in [-0.1, -0.05) is 23.2 Å². The number of halogens is 2. The van der Waals surface area contributed by atoms with Crippen LogP contribution in [0, 0.1) is 0 Å². The second-order valence-corrected chi connectivity index (χ2v) is 6.08. The number of pyridine rings is 1. The minimum absolute atomic E-state index is 0.750. The Morgan fingerprint density at radius 2 is 1.62 bits per heavy atom. The number of hydrogen-bond acceptors (Lipinski definition) is 3. The van der Waals surface area contributed by atoms with Crippen LogP contribution in [0.4, 0.5) is 5.69 Å². The lowest BCUT2D eigenvalue weighted by Crippen LogP contribution is -2.46. The van der Waals surface area contributed by atoms with Crippen molar-refractivity contribution in [3.05, 3.63) is 58.3 Å². The first kappa shape index (κ1) is 14.6. The van der Waals surface area contributed by atoms with E-state index in [9.17, 15) is 0 Å². The van der Waals surface area contributed by atoms with Gasteiger partial charge in [0.2, 0.25) is 0 Å². The van der Waals surface area contributed by atoms with Crippen molar-refractivity contribution in [2.75, 3.05) is 31.1 Å². The van der Waals surface area contributed by atoms with Crippen molar-refractivity contribution in [1.29, 1.82) is 0 Å². The molecule has 0 radical (unpaired) electrons. The van der Waals surface area contributed by atoms with E-state index in [1.807, 2.05) is 24.3 Å². The van der Waals surface area contributed by atoms with Gasteiger partial charge in [-0.2, -0.15) is 0 Å². The van der Waals surface area contributed by atoms with Crippen molar-refractivity contribution in [3.8, 4) is 0 Å². The van der Waals surface area contributed by atoms with Gasteiger partial charge in [0.1, 0.15) is 0 Å². The quantitative estimate of drug-likeness (QED) is 0.859. The molecule has 110 valence electrons. The van der Waals surface area contributed by atoms with Gasteiger partial charge < -0.3 is 4.90 Å². The first-order valence-electron chi connectivity index (χ1n) is 7.04. The van der Waals surface area contributed by atoms with E-state index in [0.717, 1.165) is 48.5 Å². The molecular weight excluding hydrogens is 305 g/mol. The summed E-state index contributed by atoms with van der Waals surface area (Å²) in [7, 11) is 0. The maximum absolute atomic E-state index is 6.00. The van der Waals surface area contributed by atoms with Crippen molar-refractivity contribution >= 4 is 28.9 Å². The van der Waals surface area contributed by atoms with Gasteiger partial charge in [0.15, 0.2) is 0 Å². The molecule has 1 fully saturated rings. The molecule has 0 saturated carbocycles.